The molecule has 3 aliphatic heterocycles. The number of alkyl carbamates (subject to hydrolysis) is 2. The number of H-pyrrole nitrogens is 1. The highest BCUT2D eigenvalue weighted by Crippen LogP contribution is 2.38. The molecule has 8 rings (SSSR count). The van der Waals surface area contributed by atoms with Crippen LogP contribution in [0.15, 0.2) is 78.5 Å². The summed E-state index contributed by atoms with van der Waals surface area (Å²) < 4.78 is 76.0. The van der Waals surface area contributed by atoms with E-state index < -0.39 is 126 Å². The topological polar surface area (TPSA) is 452 Å². The highest BCUT2D eigenvalue weighted by Gasteiger charge is 2.53. The summed E-state index contributed by atoms with van der Waals surface area (Å²) >= 11 is 0. The molecule has 15 atom stereocenters. The molecular weight excluding hydrogens is 1520 g/mol. The number of anilines is 1. The van der Waals surface area contributed by atoms with E-state index in [2.05, 4.69) is 30.6 Å². The highest BCUT2D eigenvalue weighted by molar-refractivity contribution is 6.39. The molecule has 2 bridgehead atoms. The van der Waals surface area contributed by atoms with Gasteiger partial charge in [-0.1, -0.05) is 64.2 Å². The van der Waals surface area contributed by atoms with Gasteiger partial charge in [0.2, 0.25) is 5.79 Å². The summed E-state index contributed by atoms with van der Waals surface area (Å²) in [6, 6.07) is 1.69. The number of ether oxygens (including phenoxy) is 13. The van der Waals surface area contributed by atoms with E-state index >= 15 is 0 Å². The fraction of sp³-hybridized carbons (Fsp3) is 0.675. The van der Waals surface area contributed by atoms with Crippen molar-refractivity contribution in [2.75, 3.05) is 139 Å². The first-order valence-corrected chi connectivity index (χ1v) is 41.1. The predicted molar refractivity (Wildman–Crippen MR) is 431 cm³/mol. The predicted octanol–water partition coefficient (Wildman–Crippen LogP) is 6.54. The van der Waals surface area contributed by atoms with Gasteiger partial charge >= 0.3 is 18.2 Å². The van der Waals surface area contributed by atoms with Crippen LogP contribution in [0.5, 0.6) is 0 Å². The quantitative estimate of drug-likeness (QED) is 0.00787. The number of rotatable bonds is 36. The average Bonchev–Trinajstić information content (AvgIpc) is 1.73. The number of cyclic esters (lactones) is 1. The second-order valence-electron chi connectivity index (χ2n) is 30.6. The minimum absolute atomic E-state index is 0.00207. The van der Waals surface area contributed by atoms with Crippen molar-refractivity contribution >= 4 is 69.3 Å². The lowest BCUT2D eigenvalue weighted by molar-refractivity contribution is -0.265. The molecule has 0 aromatic carbocycles. The SMILES string of the molecule is CO[C@H]1C[C@@H]2CC[C@@H](C)[C@@](O)(O2)C(=O)C(=O)N2CCCC[C@H]2C(=O)O[C@H]([C@H](N)C[C@@H]2CC[C@@H](OC(=O)NCCOCCOCCOCCOCCOCCOCCOCCOC(=O)NCCCCn3nc(-c4cnc5[nH]ccc5c4)c4c(N)ncnc43)[C@H](OC)C2)CC(=O)[C@H](C)/C=C(\C)[C@@H](O)[C@@H](O)C(=O)[C@H](C)C[C@H](C)/C=C/C=C/C=C/1C. The first-order valence-electron chi connectivity index (χ1n) is 41.1. The number of allylic oxidation sites excluding steroid dienone is 6. The molecule has 34 nitrogen and oxygen atoms in total. The lowest BCUT2D eigenvalue weighted by Gasteiger charge is -2.42. The molecule has 3 amide bonds. The maximum absolute atomic E-state index is 14.6. The largest absolute Gasteiger partial charge is 0.459 e. The number of Topliss-reactive ketones (excluding diaryl/α,β-unsaturated/α-hetero) is 3. The molecule has 0 unspecified atom stereocenters. The zero-order valence-electron chi connectivity index (χ0n) is 69.1. The number of aromatic amines is 1. The van der Waals surface area contributed by atoms with E-state index in [0.29, 0.717) is 173 Å². The van der Waals surface area contributed by atoms with Crippen molar-refractivity contribution in [3.05, 3.63) is 78.5 Å². The van der Waals surface area contributed by atoms with Crippen LogP contribution in [0.2, 0.25) is 0 Å². The Balaban J connectivity index is 0.662. The van der Waals surface area contributed by atoms with Gasteiger partial charge < -0.3 is 109 Å². The molecular formula is C83H125N11O23. The Hall–Kier alpha value is -8.07. The number of aliphatic hydroxyl groups excluding tert-OH is 2. The smallest absolute Gasteiger partial charge is 0.407 e. The Morgan fingerprint density at radius 3 is 2.07 bits per heavy atom. The molecule has 34 heteroatoms. The Kier molecular flexibility index (Phi) is 39.9. The number of amides is 3. The molecule has 3 fully saturated rings. The molecule has 2 saturated heterocycles. The van der Waals surface area contributed by atoms with Crippen LogP contribution in [-0.4, -0.2) is 285 Å². The molecule has 117 heavy (non-hydrogen) atoms. The number of nitrogens with two attached hydrogens (primary N) is 2. The number of aryl methyl sites for hydroxylation is 1. The summed E-state index contributed by atoms with van der Waals surface area (Å²) in [6.07, 6.45) is 12.6. The lowest BCUT2D eigenvalue weighted by atomic mass is 9.80. The van der Waals surface area contributed by atoms with Gasteiger partial charge in [-0.15, -0.1) is 0 Å². The van der Waals surface area contributed by atoms with Crippen LogP contribution in [0.3, 0.4) is 0 Å². The van der Waals surface area contributed by atoms with Crippen LogP contribution in [0.25, 0.3) is 33.3 Å². The van der Waals surface area contributed by atoms with E-state index in [1.165, 1.54) is 26.4 Å². The number of nitrogens with one attached hydrogen (secondary N) is 3. The summed E-state index contributed by atoms with van der Waals surface area (Å²) in [5.74, 6) is -8.96. The molecule has 4 aliphatic rings. The monoisotopic (exact) mass is 1640 g/mol. The minimum atomic E-state index is -2.51. The third-order valence-corrected chi connectivity index (χ3v) is 21.7. The number of hydrogen-bond donors (Lipinski definition) is 8. The number of ketones is 3. The number of piperidine rings is 1. The van der Waals surface area contributed by atoms with Crippen LogP contribution < -0.4 is 22.1 Å². The van der Waals surface area contributed by atoms with E-state index in [4.69, 9.17) is 78.1 Å². The Bertz CT molecular complexity index is 3910. The van der Waals surface area contributed by atoms with Gasteiger partial charge in [-0.05, 0) is 126 Å². The van der Waals surface area contributed by atoms with Gasteiger partial charge in [0.15, 0.2) is 11.4 Å². The number of unbranched alkanes of at least 4 members (excludes halogenated alkanes) is 1. The van der Waals surface area contributed by atoms with Gasteiger partial charge in [0.05, 0.1) is 116 Å². The van der Waals surface area contributed by atoms with Gasteiger partial charge in [-0.25, -0.2) is 34.0 Å². The number of nitrogens with zero attached hydrogens (tertiary/aromatic N) is 6. The third-order valence-electron chi connectivity index (χ3n) is 21.7. The number of aliphatic hydroxyl groups is 3. The standard InChI is InChI=1S/C83H125N11O23/c1-53-16-10-9-11-17-54(2)67(105-7)49-62-21-19-58(6)83(104,117-62)75(99)79(100)93-27-14-12-18-64(93)80(101)115-68(50-65(95)55(3)45-57(5)73(97)74(98)72(96)56(4)44-53)63(84)46-59-20-22-66(69(47-59)106-8)116-82(103)88-26-29-107-30-31-108-32-33-109-34-35-110-36-37-111-38-39-112-40-41-113-42-43-114-81(102)87-24-13-15-28-94-78-70(76(85)90-52-91-78)71(92-94)61-48-60-23-25-86-77(60)89-51-61/h9-11,16-17,23,25,45,48,51-53,55-56,58-59,62-64,66-69,73-74,97-98,104H,12-15,18-22,24,26-44,46-47,49-50,84H2,1-8H3,(H,86,89)(H,87,102)(H,88,103)(H2,85,90,91)/b11-9+,16-10+,54-17+,57-45+/t53-,55-,56-,58-,59+,62+,63-,64+,66-,67+,68+,69-,73-,74+,83-/m1/s1. The van der Waals surface area contributed by atoms with E-state index in [-0.39, 0.29) is 76.2 Å². The lowest BCUT2D eigenvalue weighted by Crippen LogP contribution is -2.61. The first kappa shape index (κ1) is 94.4. The normalized spacial score (nSPS) is 27.6. The summed E-state index contributed by atoms with van der Waals surface area (Å²) in [6.45, 7) is 16.2. The fourth-order valence-corrected chi connectivity index (χ4v) is 14.9. The Labute approximate surface area is 684 Å². The van der Waals surface area contributed by atoms with E-state index in [9.17, 15) is 48.9 Å². The molecule has 0 radical (unpaired) electrons. The molecule has 0 spiro atoms. The zero-order valence-corrected chi connectivity index (χ0v) is 69.1. The maximum Gasteiger partial charge on any atom is 0.407 e. The maximum atomic E-state index is 14.6. The molecule has 7 heterocycles. The number of fused-ring (bicyclic) bond motifs is 5. The van der Waals surface area contributed by atoms with Crippen LogP contribution >= 0.6 is 0 Å². The second kappa shape index (κ2) is 49.5. The van der Waals surface area contributed by atoms with Gasteiger partial charge in [-0.3, -0.25) is 19.2 Å². The Morgan fingerprint density at radius 2 is 1.39 bits per heavy atom. The van der Waals surface area contributed by atoms with Gasteiger partial charge in [0, 0.05) is 100 Å². The van der Waals surface area contributed by atoms with E-state index in [1.807, 2.05) is 62.6 Å². The van der Waals surface area contributed by atoms with Crippen molar-refractivity contribution in [2.24, 2.45) is 35.3 Å². The van der Waals surface area contributed by atoms with Crippen LogP contribution in [0.1, 0.15) is 131 Å². The van der Waals surface area contributed by atoms with Crippen molar-refractivity contribution in [3.63, 3.8) is 0 Å². The van der Waals surface area contributed by atoms with Crippen molar-refractivity contribution in [1.82, 2.24) is 45.2 Å². The Morgan fingerprint density at radius 1 is 0.726 bits per heavy atom. The van der Waals surface area contributed by atoms with Crippen molar-refractivity contribution in [3.8, 4) is 11.3 Å². The number of hydrogen-bond acceptors (Lipinski definition) is 29. The molecule has 4 aromatic heterocycles. The average molecular weight is 1640 g/mol. The molecule has 4 aromatic rings. The summed E-state index contributed by atoms with van der Waals surface area (Å²) in [5.41, 5.74) is 17.1. The third kappa shape index (κ3) is 29.4. The van der Waals surface area contributed by atoms with Crippen LogP contribution in [0, 0.1) is 29.6 Å². The van der Waals surface area contributed by atoms with Crippen molar-refractivity contribution in [1.29, 1.82) is 0 Å². The van der Waals surface area contributed by atoms with Crippen LogP contribution in [-0.2, 0) is 92.1 Å². The van der Waals surface area contributed by atoms with Crippen LogP contribution in [0.4, 0.5) is 15.4 Å². The summed E-state index contributed by atoms with van der Waals surface area (Å²) in [7, 11) is 3.06. The first-order chi connectivity index (χ1) is 56.4. The van der Waals surface area contributed by atoms with Crippen molar-refractivity contribution < 1.29 is 110 Å². The van der Waals surface area contributed by atoms with Crippen molar-refractivity contribution in [2.45, 2.75) is 199 Å². The summed E-state index contributed by atoms with van der Waals surface area (Å²) in [4.78, 5) is 114. The number of carbonyl (C=O) groups is 7. The highest BCUT2D eigenvalue weighted by atomic mass is 16.6. The number of nitrogen functional groups attached to an aromatic ring is 1. The second-order valence-corrected chi connectivity index (χ2v) is 30.6. The molecule has 1 saturated carbocycles. The number of pyridine rings is 1. The van der Waals surface area contributed by atoms with E-state index in [0.717, 1.165) is 27.1 Å². The van der Waals surface area contributed by atoms with E-state index in [1.54, 1.807) is 38.8 Å². The number of esters is 1. The van der Waals surface area contributed by atoms with Gasteiger partial charge in [0.1, 0.15) is 66.3 Å². The molecule has 1 aliphatic carbocycles. The summed E-state index contributed by atoms with van der Waals surface area (Å²) in [5, 5.41) is 46.4. The molecule has 10 N–H and O–H groups in total. The van der Waals surface area contributed by atoms with Gasteiger partial charge in [-0.2, -0.15) is 5.10 Å². The van der Waals surface area contributed by atoms with Gasteiger partial charge in [0.25, 0.3) is 11.7 Å². The minimum Gasteiger partial charge on any atom is -0.459 e. The number of methoxy groups -OCH3 is 2. The molecule has 650 valence electrons. The fourth-order valence-electron chi connectivity index (χ4n) is 14.9. The zero-order chi connectivity index (χ0) is 84.2. The number of aromatic nitrogens is 6. The number of carbonyl (C=O) groups excluding carboxylic acids is 7.